The minimum Gasteiger partial charge on any atom is -0.493 e. The van der Waals surface area contributed by atoms with Gasteiger partial charge in [-0.05, 0) is 35.6 Å². The number of carbonyl (C=O) groups is 1. The van der Waals surface area contributed by atoms with Crippen molar-refractivity contribution >= 4 is 17.4 Å². The van der Waals surface area contributed by atoms with Crippen molar-refractivity contribution in [3.63, 3.8) is 0 Å². The van der Waals surface area contributed by atoms with Crippen molar-refractivity contribution in [1.82, 2.24) is 14.8 Å². The molecule has 0 bridgehead atoms. The summed E-state index contributed by atoms with van der Waals surface area (Å²) in [6.07, 6.45) is 2.17. The first kappa shape index (κ1) is 22.4. The number of rotatable bonds is 6. The summed E-state index contributed by atoms with van der Waals surface area (Å²) in [4.78, 5) is 28.8. The van der Waals surface area contributed by atoms with Gasteiger partial charge in [0.25, 0.3) is 5.69 Å². The number of non-ortho nitro benzene ring substituents is 1. The Hall–Kier alpha value is -4.41. The third-order valence-corrected chi connectivity index (χ3v) is 6.42. The monoisotopic (exact) mass is 477 g/mol. The number of methoxy groups -OCH3 is 3. The van der Waals surface area contributed by atoms with Crippen LogP contribution in [0.4, 0.5) is 11.6 Å². The first-order valence-corrected chi connectivity index (χ1v) is 10.9. The lowest BCUT2D eigenvalue weighted by atomic mass is 9.77. The van der Waals surface area contributed by atoms with Gasteiger partial charge in [0.05, 0.1) is 26.3 Å². The van der Waals surface area contributed by atoms with Gasteiger partial charge in [-0.15, -0.1) is 0 Å². The average Bonchev–Trinajstić information content (AvgIpc) is 3.34. The van der Waals surface area contributed by atoms with E-state index < -0.39 is 11.0 Å². The summed E-state index contributed by atoms with van der Waals surface area (Å²) in [5.41, 5.74) is 2.67. The molecule has 0 radical (unpaired) electrons. The first-order chi connectivity index (χ1) is 16.9. The van der Waals surface area contributed by atoms with E-state index in [-0.39, 0.29) is 23.8 Å². The fraction of sp³-hybridized carbons (Fsp3) is 0.292. The number of hydrogen-bond acceptors (Lipinski definition) is 9. The molecule has 0 fully saturated rings. The number of benzene rings is 2. The normalized spacial score (nSPS) is 18.9. The SMILES string of the molecule is COc1cc(C2CC(=O)C3=C(C2)Nc2ncnn2C3c2cccc([N+](=O)[O-])c2)cc(OC)c1OC. The Morgan fingerprint density at radius 1 is 1.06 bits per heavy atom. The molecule has 2 unspecified atom stereocenters. The van der Waals surface area contributed by atoms with Crippen molar-refractivity contribution in [1.29, 1.82) is 0 Å². The molecule has 180 valence electrons. The molecule has 2 atom stereocenters. The summed E-state index contributed by atoms with van der Waals surface area (Å²) < 4.78 is 18.0. The molecule has 35 heavy (non-hydrogen) atoms. The number of nitro benzene ring substituents is 1. The van der Waals surface area contributed by atoms with E-state index >= 15 is 0 Å². The molecule has 1 N–H and O–H groups in total. The van der Waals surface area contributed by atoms with Gasteiger partial charge in [-0.1, -0.05) is 12.1 Å². The maximum absolute atomic E-state index is 13.6. The molecule has 0 amide bonds. The molecule has 11 nitrogen and oxygen atoms in total. The van der Waals surface area contributed by atoms with E-state index in [1.165, 1.54) is 25.6 Å². The molecule has 1 aliphatic carbocycles. The first-order valence-electron chi connectivity index (χ1n) is 10.9. The number of nitro groups is 1. The highest BCUT2D eigenvalue weighted by Crippen LogP contribution is 2.47. The van der Waals surface area contributed by atoms with E-state index in [1.807, 2.05) is 12.1 Å². The summed E-state index contributed by atoms with van der Waals surface area (Å²) in [5, 5.41) is 18.9. The summed E-state index contributed by atoms with van der Waals surface area (Å²) in [7, 11) is 4.64. The summed E-state index contributed by atoms with van der Waals surface area (Å²) in [5.74, 6) is 1.76. The zero-order valence-electron chi connectivity index (χ0n) is 19.3. The fourth-order valence-electron chi connectivity index (χ4n) is 4.84. The Kier molecular flexibility index (Phi) is 5.59. The molecule has 0 spiro atoms. The molecular formula is C24H23N5O6. The minimum atomic E-state index is -0.614. The van der Waals surface area contributed by atoms with Crippen LogP contribution in [0.15, 0.2) is 54.0 Å². The second-order valence-electron chi connectivity index (χ2n) is 8.29. The summed E-state index contributed by atoms with van der Waals surface area (Å²) >= 11 is 0. The van der Waals surface area contributed by atoms with Crippen molar-refractivity contribution in [3.05, 3.63) is 75.2 Å². The van der Waals surface area contributed by atoms with Crippen molar-refractivity contribution < 1.29 is 23.9 Å². The van der Waals surface area contributed by atoms with Gasteiger partial charge in [0.2, 0.25) is 11.7 Å². The van der Waals surface area contributed by atoms with Crippen LogP contribution in [0.2, 0.25) is 0 Å². The Labute approximate surface area is 200 Å². The number of aromatic nitrogens is 3. The lowest BCUT2D eigenvalue weighted by Gasteiger charge is -2.35. The maximum atomic E-state index is 13.6. The van der Waals surface area contributed by atoms with Gasteiger partial charge in [-0.2, -0.15) is 10.1 Å². The Balaban J connectivity index is 1.58. The number of Topliss-reactive ketones (excluding diaryl/α,β-unsaturated/α-hetero) is 1. The van der Waals surface area contributed by atoms with Gasteiger partial charge >= 0.3 is 0 Å². The second kappa shape index (κ2) is 8.75. The zero-order valence-corrected chi connectivity index (χ0v) is 19.3. The quantitative estimate of drug-likeness (QED) is 0.418. The Bertz CT molecular complexity index is 1340. The molecule has 1 aromatic heterocycles. The van der Waals surface area contributed by atoms with Crippen molar-refractivity contribution in [2.45, 2.75) is 24.8 Å². The Morgan fingerprint density at radius 2 is 1.80 bits per heavy atom. The van der Waals surface area contributed by atoms with E-state index in [2.05, 4.69) is 15.4 Å². The molecule has 2 aliphatic rings. The topological polar surface area (TPSA) is 131 Å². The standard InChI is InChI=1S/C24H23N5O6/c1-33-19-10-15(11-20(34-2)23(19)35-3)14-8-17-21(18(30)9-14)22(28-24(27-17)25-12-26-28)13-5-4-6-16(7-13)29(31)32/h4-7,10-12,14,22H,8-9H2,1-3H3,(H,25,26,27). The van der Waals surface area contributed by atoms with Crippen LogP contribution in [0.1, 0.15) is 35.9 Å². The van der Waals surface area contributed by atoms with Crippen LogP contribution >= 0.6 is 0 Å². The highest BCUT2D eigenvalue weighted by atomic mass is 16.6. The Morgan fingerprint density at radius 3 is 2.46 bits per heavy atom. The maximum Gasteiger partial charge on any atom is 0.269 e. The minimum absolute atomic E-state index is 0.0524. The molecule has 11 heteroatoms. The van der Waals surface area contributed by atoms with E-state index in [4.69, 9.17) is 14.2 Å². The molecule has 2 heterocycles. The van der Waals surface area contributed by atoms with Gasteiger partial charge in [-0.3, -0.25) is 14.9 Å². The van der Waals surface area contributed by atoms with Crippen LogP contribution in [0, 0.1) is 10.1 Å². The van der Waals surface area contributed by atoms with Crippen LogP contribution < -0.4 is 19.5 Å². The van der Waals surface area contributed by atoms with Crippen molar-refractivity contribution in [3.8, 4) is 17.2 Å². The van der Waals surface area contributed by atoms with Crippen LogP contribution in [-0.2, 0) is 4.79 Å². The molecule has 5 rings (SSSR count). The highest BCUT2D eigenvalue weighted by molar-refractivity contribution is 6.00. The third kappa shape index (κ3) is 3.74. The number of ether oxygens (including phenoxy) is 3. The predicted molar refractivity (Wildman–Crippen MR) is 125 cm³/mol. The molecule has 3 aromatic rings. The largest absolute Gasteiger partial charge is 0.493 e. The lowest BCUT2D eigenvalue weighted by Crippen LogP contribution is -2.33. The van der Waals surface area contributed by atoms with Gasteiger partial charge in [0.1, 0.15) is 12.4 Å². The second-order valence-corrected chi connectivity index (χ2v) is 8.29. The van der Waals surface area contributed by atoms with Gasteiger partial charge in [0.15, 0.2) is 17.3 Å². The van der Waals surface area contributed by atoms with E-state index in [1.54, 1.807) is 31.0 Å². The number of nitrogens with zero attached hydrogens (tertiary/aromatic N) is 4. The number of anilines is 1. The number of ketones is 1. The van der Waals surface area contributed by atoms with Crippen LogP contribution in [0.25, 0.3) is 0 Å². The number of carbonyl (C=O) groups excluding carboxylic acids is 1. The molecule has 1 aliphatic heterocycles. The van der Waals surface area contributed by atoms with Crippen molar-refractivity contribution in [2.75, 3.05) is 26.6 Å². The van der Waals surface area contributed by atoms with Gasteiger partial charge in [-0.25, -0.2) is 4.68 Å². The van der Waals surface area contributed by atoms with E-state index in [9.17, 15) is 14.9 Å². The smallest absolute Gasteiger partial charge is 0.269 e. The van der Waals surface area contributed by atoms with E-state index in [0.29, 0.717) is 40.8 Å². The lowest BCUT2D eigenvalue weighted by molar-refractivity contribution is -0.384. The fourth-order valence-corrected chi connectivity index (χ4v) is 4.84. The number of nitrogens with one attached hydrogen (secondary N) is 1. The van der Waals surface area contributed by atoms with Crippen LogP contribution in [0.3, 0.4) is 0 Å². The summed E-state index contributed by atoms with van der Waals surface area (Å²) in [6, 6.07) is 9.37. The van der Waals surface area contributed by atoms with Crippen molar-refractivity contribution in [2.24, 2.45) is 0 Å². The molecular weight excluding hydrogens is 454 g/mol. The summed E-state index contributed by atoms with van der Waals surface area (Å²) in [6.45, 7) is 0. The number of allylic oxidation sites excluding steroid dienone is 2. The average molecular weight is 477 g/mol. The molecule has 0 saturated heterocycles. The molecule has 0 saturated carbocycles. The van der Waals surface area contributed by atoms with Gasteiger partial charge in [0, 0.05) is 29.8 Å². The van der Waals surface area contributed by atoms with Crippen LogP contribution in [-0.4, -0.2) is 46.8 Å². The number of hydrogen-bond donors (Lipinski definition) is 1. The van der Waals surface area contributed by atoms with Gasteiger partial charge < -0.3 is 19.5 Å². The van der Waals surface area contributed by atoms with E-state index in [0.717, 1.165) is 11.3 Å². The predicted octanol–water partition coefficient (Wildman–Crippen LogP) is 3.63. The van der Waals surface area contributed by atoms with Crippen LogP contribution in [0.5, 0.6) is 17.2 Å². The highest BCUT2D eigenvalue weighted by Gasteiger charge is 2.40. The number of fused-ring (bicyclic) bond motifs is 1. The molecule has 2 aromatic carbocycles. The third-order valence-electron chi connectivity index (χ3n) is 6.42. The zero-order chi connectivity index (χ0) is 24.7.